The zero-order valence-corrected chi connectivity index (χ0v) is 9.95. The van der Waals surface area contributed by atoms with Gasteiger partial charge in [-0.05, 0) is 33.1 Å². The van der Waals surface area contributed by atoms with Gasteiger partial charge in [0.1, 0.15) is 0 Å². The van der Waals surface area contributed by atoms with Gasteiger partial charge in [-0.15, -0.1) is 0 Å². The first-order valence-electron chi connectivity index (χ1n) is 5.47. The molecule has 0 aromatic heterocycles. The van der Waals surface area contributed by atoms with E-state index in [4.69, 9.17) is 0 Å². The lowest BCUT2D eigenvalue weighted by molar-refractivity contribution is 0.140. The lowest BCUT2D eigenvalue weighted by Gasteiger charge is -2.33. The minimum atomic E-state index is 0.178. The van der Waals surface area contributed by atoms with Gasteiger partial charge in [-0.1, -0.05) is 6.92 Å². The molecule has 1 aliphatic heterocycles. The molecule has 1 fully saturated rings. The van der Waals surface area contributed by atoms with Gasteiger partial charge < -0.3 is 9.80 Å². The highest BCUT2D eigenvalue weighted by Crippen LogP contribution is 2.21. The van der Waals surface area contributed by atoms with Crippen LogP contribution < -0.4 is 0 Å². The second-order valence-corrected chi connectivity index (χ2v) is 4.85. The third kappa shape index (κ3) is 2.20. The lowest BCUT2D eigenvalue weighted by atomic mass is 10.0. The Morgan fingerprint density at radius 1 is 1.36 bits per heavy atom. The number of hydrogen-bond acceptors (Lipinski definition) is 1. The Labute approximate surface area is 87.1 Å². The molecule has 3 heteroatoms. The van der Waals surface area contributed by atoms with E-state index < -0.39 is 0 Å². The number of nitrogens with zero attached hydrogens (tertiary/aromatic N) is 2. The summed E-state index contributed by atoms with van der Waals surface area (Å²) in [5.74, 6) is 0.600. The Morgan fingerprint density at radius 3 is 2.43 bits per heavy atom. The minimum Gasteiger partial charge on any atom is -0.327 e. The molecule has 2 amide bonds. The maximum atomic E-state index is 12.0. The molecule has 2 unspecified atom stereocenters. The molecule has 1 aliphatic rings. The van der Waals surface area contributed by atoms with Gasteiger partial charge in [-0.3, -0.25) is 0 Å². The summed E-state index contributed by atoms with van der Waals surface area (Å²) in [6.45, 7) is 9.40. The van der Waals surface area contributed by atoms with Gasteiger partial charge in [0.25, 0.3) is 0 Å². The molecule has 0 aliphatic carbocycles. The SMILES string of the molecule is CC1CC(C)N(C(C)C)C(=O)N(C)C1. The summed E-state index contributed by atoms with van der Waals surface area (Å²) < 4.78 is 0. The molecule has 0 radical (unpaired) electrons. The highest BCUT2D eigenvalue weighted by atomic mass is 16.2. The van der Waals surface area contributed by atoms with E-state index in [9.17, 15) is 4.79 Å². The van der Waals surface area contributed by atoms with Gasteiger partial charge in [0, 0.05) is 25.7 Å². The van der Waals surface area contributed by atoms with Crippen LogP contribution in [0.1, 0.15) is 34.1 Å². The highest BCUT2D eigenvalue weighted by molar-refractivity contribution is 5.75. The summed E-state index contributed by atoms with van der Waals surface area (Å²) in [4.78, 5) is 15.8. The van der Waals surface area contributed by atoms with Gasteiger partial charge in [-0.25, -0.2) is 4.79 Å². The molecule has 2 atom stereocenters. The highest BCUT2D eigenvalue weighted by Gasteiger charge is 2.30. The fourth-order valence-electron chi connectivity index (χ4n) is 2.43. The van der Waals surface area contributed by atoms with Crippen molar-refractivity contribution in [2.45, 2.75) is 46.2 Å². The summed E-state index contributed by atoms with van der Waals surface area (Å²) in [7, 11) is 1.90. The quantitative estimate of drug-likeness (QED) is 0.633. The molecule has 3 nitrogen and oxygen atoms in total. The number of rotatable bonds is 1. The molecule has 0 saturated carbocycles. The van der Waals surface area contributed by atoms with Crippen LogP contribution in [0, 0.1) is 5.92 Å². The Balaban J connectivity index is 2.85. The van der Waals surface area contributed by atoms with E-state index in [2.05, 4.69) is 27.7 Å². The summed E-state index contributed by atoms with van der Waals surface area (Å²) in [6.07, 6.45) is 1.11. The molecule has 1 saturated heterocycles. The van der Waals surface area contributed by atoms with Crippen LogP contribution in [-0.4, -0.2) is 41.5 Å². The van der Waals surface area contributed by atoms with Crippen molar-refractivity contribution >= 4 is 6.03 Å². The lowest BCUT2D eigenvalue weighted by Crippen LogP contribution is -2.47. The van der Waals surface area contributed by atoms with E-state index in [-0.39, 0.29) is 6.03 Å². The minimum absolute atomic E-state index is 0.178. The Hall–Kier alpha value is -0.730. The maximum Gasteiger partial charge on any atom is 0.320 e. The number of carbonyl (C=O) groups excluding carboxylic acids is 1. The summed E-state index contributed by atoms with van der Waals surface area (Å²) in [6, 6.07) is 0.838. The maximum absolute atomic E-state index is 12.0. The van der Waals surface area contributed by atoms with Crippen molar-refractivity contribution in [2.24, 2.45) is 5.92 Å². The number of carbonyl (C=O) groups is 1. The molecule has 1 rings (SSSR count). The Morgan fingerprint density at radius 2 is 1.93 bits per heavy atom. The van der Waals surface area contributed by atoms with Crippen LogP contribution in [-0.2, 0) is 0 Å². The molecule has 82 valence electrons. The fourth-order valence-corrected chi connectivity index (χ4v) is 2.43. The van der Waals surface area contributed by atoms with Crippen molar-refractivity contribution in [3.8, 4) is 0 Å². The predicted octanol–water partition coefficient (Wildman–Crippen LogP) is 2.18. The Bertz CT molecular complexity index is 215. The van der Waals surface area contributed by atoms with E-state index >= 15 is 0 Å². The van der Waals surface area contributed by atoms with Gasteiger partial charge in [0.05, 0.1) is 0 Å². The van der Waals surface area contributed by atoms with Gasteiger partial charge in [0.15, 0.2) is 0 Å². The predicted molar refractivity (Wildman–Crippen MR) is 58.2 cm³/mol. The first-order chi connectivity index (χ1) is 6.43. The van der Waals surface area contributed by atoms with Crippen LogP contribution in [0.3, 0.4) is 0 Å². The van der Waals surface area contributed by atoms with E-state index in [1.807, 2.05) is 16.8 Å². The molecular formula is C11H22N2O. The monoisotopic (exact) mass is 198 g/mol. The van der Waals surface area contributed by atoms with Crippen molar-refractivity contribution < 1.29 is 4.79 Å². The Kier molecular flexibility index (Phi) is 3.40. The largest absolute Gasteiger partial charge is 0.327 e. The zero-order valence-electron chi connectivity index (χ0n) is 9.95. The normalized spacial score (nSPS) is 29.7. The molecule has 0 aromatic carbocycles. The third-order valence-electron chi connectivity index (χ3n) is 2.91. The molecule has 14 heavy (non-hydrogen) atoms. The van der Waals surface area contributed by atoms with E-state index in [0.29, 0.717) is 18.0 Å². The van der Waals surface area contributed by atoms with Crippen LogP contribution >= 0.6 is 0 Å². The van der Waals surface area contributed by atoms with Crippen LogP contribution in [0.2, 0.25) is 0 Å². The first-order valence-corrected chi connectivity index (χ1v) is 5.47. The molecule has 0 N–H and O–H groups in total. The van der Waals surface area contributed by atoms with Crippen molar-refractivity contribution in [1.29, 1.82) is 0 Å². The van der Waals surface area contributed by atoms with Crippen molar-refractivity contribution in [3.05, 3.63) is 0 Å². The summed E-state index contributed by atoms with van der Waals surface area (Å²) in [5.41, 5.74) is 0. The van der Waals surface area contributed by atoms with E-state index in [1.54, 1.807) is 0 Å². The number of hydrogen-bond donors (Lipinski definition) is 0. The smallest absolute Gasteiger partial charge is 0.320 e. The van der Waals surface area contributed by atoms with Crippen LogP contribution in [0.4, 0.5) is 4.79 Å². The standard InChI is InChI=1S/C11H22N2O/c1-8(2)13-10(4)6-9(3)7-12(5)11(13)14/h8-10H,6-7H2,1-5H3. The molecule has 0 spiro atoms. The van der Waals surface area contributed by atoms with E-state index in [0.717, 1.165) is 13.0 Å². The molecule has 0 aromatic rings. The van der Waals surface area contributed by atoms with Crippen LogP contribution in [0.25, 0.3) is 0 Å². The van der Waals surface area contributed by atoms with E-state index in [1.165, 1.54) is 0 Å². The average molecular weight is 198 g/mol. The van der Waals surface area contributed by atoms with Crippen molar-refractivity contribution in [2.75, 3.05) is 13.6 Å². The van der Waals surface area contributed by atoms with Crippen molar-refractivity contribution in [1.82, 2.24) is 9.80 Å². The van der Waals surface area contributed by atoms with Gasteiger partial charge in [0.2, 0.25) is 0 Å². The summed E-state index contributed by atoms with van der Waals surface area (Å²) in [5, 5.41) is 0. The molecule has 0 bridgehead atoms. The zero-order chi connectivity index (χ0) is 10.9. The molecular weight excluding hydrogens is 176 g/mol. The van der Waals surface area contributed by atoms with Gasteiger partial charge >= 0.3 is 6.03 Å². The fraction of sp³-hybridized carbons (Fsp3) is 0.909. The van der Waals surface area contributed by atoms with Crippen molar-refractivity contribution in [3.63, 3.8) is 0 Å². The first kappa shape index (κ1) is 11.3. The van der Waals surface area contributed by atoms with Crippen LogP contribution in [0.5, 0.6) is 0 Å². The summed E-state index contributed by atoms with van der Waals surface area (Å²) >= 11 is 0. The third-order valence-corrected chi connectivity index (χ3v) is 2.91. The van der Waals surface area contributed by atoms with Gasteiger partial charge in [-0.2, -0.15) is 0 Å². The average Bonchev–Trinajstić information content (AvgIpc) is 2.09. The second kappa shape index (κ2) is 4.20. The second-order valence-electron chi connectivity index (χ2n) is 4.85. The number of urea groups is 1. The van der Waals surface area contributed by atoms with Crippen LogP contribution in [0.15, 0.2) is 0 Å². The topological polar surface area (TPSA) is 23.6 Å². The number of amides is 2. The molecule has 1 heterocycles.